The van der Waals surface area contributed by atoms with Crippen LogP contribution < -0.4 is 14.8 Å². The molecule has 8 rings (SSSR count). The molecule has 4 fully saturated rings. The topological polar surface area (TPSA) is 69.8 Å². The van der Waals surface area contributed by atoms with Gasteiger partial charge in [-0.05, 0) is 128 Å². The summed E-state index contributed by atoms with van der Waals surface area (Å²) < 4.78 is 17.5. The van der Waals surface area contributed by atoms with Gasteiger partial charge in [0.2, 0.25) is 0 Å². The van der Waals surface area contributed by atoms with E-state index in [0.717, 1.165) is 96.2 Å². The zero-order valence-corrected chi connectivity index (χ0v) is 39.9. The van der Waals surface area contributed by atoms with Gasteiger partial charge < -0.3 is 24.4 Å². The Kier molecular flexibility index (Phi) is 14.7. The first-order chi connectivity index (χ1) is 30.8. The minimum absolute atomic E-state index is 0.161. The molecule has 4 aromatic rings. The van der Waals surface area contributed by atoms with Gasteiger partial charge in [-0.25, -0.2) is 4.79 Å². The second-order valence-electron chi connectivity index (χ2n) is 20.7. The largest absolute Gasteiger partial charge is 0.497 e. The molecule has 3 heterocycles. The summed E-state index contributed by atoms with van der Waals surface area (Å²) in [5.41, 5.74) is 8.32. The van der Waals surface area contributed by atoms with Gasteiger partial charge in [0.1, 0.15) is 17.1 Å². The Morgan fingerprint density at radius 2 is 1.34 bits per heavy atom. The fourth-order valence-electron chi connectivity index (χ4n) is 11.0. The van der Waals surface area contributed by atoms with Crippen molar-refractivity contribution in [2.24, 2.45) is 5.41 Å². The first kappa shape index (κ1) is 46.1. The third kappa shape index (κ3) is 11.3. The molecular formula is C55H75N5O4. The highest BCUT2D eigenvalue weighted by atomic mass is 16.6. The molecular weight excluding hydrogens is 795 g/mol. The molecule has 9 heteroatoms. The summed E-state index contributed by atoms with van der Waals surface area (Å²) in [4.78, 5) is 22.8. The van der Waals surface area contributed by atoms with Crippen LogP contribution in [-0.4, -0.2) is 103 Å². The van der Waals surface area contributed by atoms with Crippen LogP contribution in [0.1, 0.15) is 131 Å². The van der Waals surface area contributed by atoms with E-state index in [1.807, 2.05) is 25.7 Å². The molecule has 1 spiro atoms. The zero-order valence-electron chi connectivity index (χ0n) is 39.9. The van der Waals surface area contributed by atoms with E-state index in [2.05, 4.69) is 138 Å². The average molecular weight is 870 g/mol. The zero-order chi connectivity index (χ0) is 44.8. The summed E-state index contributed by atoms with van der Waals surface area (Å²) in [5.74, 6) is 2.69. The number of nitrogens with one attached hydrogen (secondary N) is 1. The van der Waals surface area contributed by atoms with E-state index >= 15 is 0 Å². The number of nitrogens with zero attached hydrogens (tertiary/aromatic N) is 4. The minimum atomic E-state index is -0.458. The van der Waals surface area contributed by atoms with Crippen molar-refractivity contribution >= 4 is 6.09 Å². The summed E-state index contributed by atoms with van der Waals surface area (Å²) in [6.07, 6.45) is 5.40. The molecule has 1 amide bonds. The summed E-state index contributed by atoms with van der Waals surface area (Å²) in [6, 6.07) is 36.7. The van der Waals surface area contributed by atoms with E-state index in [1.165, 1.54) is 46.2 Å². The maximum atomic E-state index is 12.8. The van der Waals surface area contributed by atoms with Crippen LogP contribution in [0.25, 0.3) is 0 Å². The second-order valence-corrected chi connectivity index (χ2v) is 20.7. The Morgan fingerprint density at radius 3 is 1.98 bits per heavy atom. The van der Waals surface area contributed by atoms with Gasteiger partial charge >= 0.3 is 6.09 Å². The molecule has 4 aliphatic rings. The van der Waals surface area contributed by atoms with Crippen molar-refractivity contribution in [2.45, 2.75) is 122 Å². The molecule has 0 bridgehead atoms. The SMILES string of the molecule is COc1ccc(CN2CCN[C@H](c3ccccc3C(C)CCOc3ccc(CN4CCN(C5CC6(CCN(C(=O)OC(C)(C)C)CC6)C5)[C@H](c5ccccc5C(C)C)C4)cc3)C2)cc1. The highest BCUT2D eigenvalue weighted by molar-refractivity contribution is 5.68. The van der Waals surface area contributed by atoms with Crippen molar-refractivity contribution in [3.63, 3.8) is 0 Å². The third-order valence-electron chi connectivity index (χ3n) is 14.6. The van der Waals surface area contributed by atoms with Crippen molar-refractivity contribution in [1.29, 1.82) is 0 Å². The summed E-state index contributed by atoms with van der Waals surface area (Å²) in [6.45, 7) is 23.2. The Labute approximate surface area is 384 Å². The van der Waals surface area contributed by atoms with Crippen molar-refractivity contribution in [3.05, 3.63) is 130 Å². The lowest BCUT2D eigenvalue weighted by atomic mass is 9.59. The van der Waals surface area contributed by atoms with Crippen LogP contribution >= 0.6 is 0 Å². The standard InChI is InChI=1S/C55H75N5O4/c1-40(2)47-12-8-11-15-50(47)52-39-58(31-32-60(52)44-34-55(35-44)25-28-59(29-26-55)53(61)64-54(4,5)6)37-43-18-22-46(23-19-43)63-33-24-41(3)48-13-9-10-14-49(48)51-38-57(30-27-56-51)36-42-16-20-45(62-7)21-17-42/h8-23,40-41,44,51-52,56H,24-39H2,1-7H3/t41?,51-,52-/m0/s1. The highest BCUT2D eigenvalue weighted by Gasteiger charge is 2.50. The van der Waals surface area contributed by atoms with Crippen molar-refractivity contribution in [1.82, 2.24) is 24.9 Å². The van der Waals surface area contributed by atoms with Crippen LogP contribution in [0.4, 0.5) is 4.79 Å². The van der Waals surface area contributed by atoms with E-state index in [4.69, 9.17) is 14.2 Å². The van der Waals surface area contributed by atoms with E-state index < -0.39 is 5.60 Å². The quantitative estimate of drug-likeness (QED) is 0.134. The number of ether oxygens (including phenoxy) is 3. The Hall–Kier alpha value is -4.41. The molecule has 4 aromatic carbocycles. The molecule has 1 saturated carbocycles. The van der Waals surface area contributed by atoms with Crippen LogP contribution in [0.5, 0.6) is 11.5 Å². The number of likely N-dealkylation sites (tertiary alicyclic amines) is 1. The fraction of sp³-hybridized carbons (Fsp3) is 0.545. The number of hydrogen-bond donors (Lipinski definition) is 1. The molecule has 3 atom stereocenters. The smallest absolute Gasteiger partial charge is 0.410 e. The number of piperidine rings is 1. The van der Waals surface area contributed by atoms with Gasteiger partial charge in [-0.2, -0.15) is 0 Å². The molecule has 1 aliphatic carbocycles. The third-order valence-corrected chi connectivity index (χ3v) is 14.6. The molecule has 344 valence electrons. The Morgan fingerprint density at radius 1 is 0.734 bits per heavy atom. The van der Waals surface area contributed by atoms with Gasteiger partial charge in [0.15, 0.2) is 0 Å². The number of rotatable bonds is 14. The first-order valence-electron chi connectivity index (χ1n) is 24.3. The number of piperazine rings is 2. The lowest BCUT2D eigenvalue weighted by molar-refractivity contribution is -0.0782. The first-order valence-corrected chi connectivity index (χ1v) is 24.3. The predicted molar refractivity (Wildman–Crippen MR) is 258 cm³/mol. The lowest BCUT2D eigenvalue weighted by Crippen LogP contribution is -2.60. The summed E-state index contributed by atoms with van der Waals surface area (Å²) >= 11 is 0. The van der Waals surface area contributed by atoms with Crippen LogP contribution in [-0.2, 0) is 17.8 Å². The van der Waals surface area contributed by atoms with E-state index in [-0.39, 0.29) is 6.09 Å². The fourth-order valence-corrected chi connectivity index (χ4v) is 11.0. The van der Waals surface area contributed by atoms with Gasteiger partial charge in [-0.15, -0.1) is 0 Å². The lowest BCUT2D eigenvalue weighted by Gasteiger charge is -2.58. The van der Waals surface area contributed by atoms with E-state index in [9.17, 15) is 4.79 Å². The Balaban J connectivity index is 0.838. The Bertz CT molecular complexity index is 2120. The summed E-state index contributed by atoms with van der Waals surface area (Å²) in [7, 11) is 1.72. The molecule has 1 N–H and O–H groups in total. The van der Waals surface area contributed by atoms with Crippen LogP contribution in [0, 0.1) is 5.41 Å². The average Bonchev–Trinajstić information content (AvgIpc) is 3.28. The van der Waals surface area contributed by atoms with Crippen LogP contribution in [0.2, 0.25) is 0 Å². The molecule has 3 aliphatic heterocycles. The summed E-state index contributed by atoms with van der Waals surface area (Å²) in [5, 5.41) is 3.82. The van der Waals surface area contributed by atoms with Gasteiger partial charge in [0, 0.05) is 83.6 Å². The second kappa shape index (κ2) is 20.4. The number of hydrogen-bond acceptors (Lipinski definition) is 8. The maximum Gasteiger partial charge on any atom is 0.410 e. The van der Waals surface area contributed by atoms with Crippen LogP contribution in [0.3, 0.4) is 0 Å². The van der Waals surface area contributed by atoms with Crippen molar-refractivity contribution in [3.8, 4) is 11.5 Å². The monoisotopic (exact) mass is 870 g/mol. The van der Waals surface area contributed by atoms with Gasteiger partial charge in [0.05, 0.1) is 13.7 Å². The van der Waals surface area contributed by atoms with E-state index in [0.29, 0.717) is 42.0 Å². The molecule has 0 radical (unpaired) electrons. The highest BCUT2D eigenvalue weighted by Crippen LogP contribution is 2.53. The number of benzene rings is 4. The minimum Gasteiger partial charge on any atom is -0.497 e. The predicted octanol–water partition coefficient (Wildman–Crippen LogP) is 10.6. The van der Waals surface area contributed by atoms with Gasteiger partial charge in [-0.1, -0.05) is 93.6 Å². The molecule has 0 aromatic heterocycles. The number of amides is 1. The van der Waals surface area contributed by atoms with Gasteiger partial charge in [-0.3, -0.25) is 14.7 Å². The van der Waals surface area contributed by atoms with Gasteiger partial charge in [0.25, 0.3) is 0 Å². The molecule has 1 unspecified atom stereocenters. The normalized spacial score (nSPS) is 21.7. The number of methoxy groups -OCH3 is 1. The number of carbonyl (C=O) groups is 1. The van der Waals surface area contributed by atoms with Crippen molar-refractivity contribution in [2.75, 3.05) is 66.1 Å². The molecule has 3 saturated heterocycles. The number of carbonyl (C=O) groups excluding carboxylic acids is 1. The van der Waals surface area contributed by atoms with Crippen LogP contribution in [0.15, 0.2) is 97.1 Å². The van der Waals surface area contributed by atoms with E-state index in [1.54, 1.807) is 7.11 Å². The maximum absolute atomic E-state index is 12.8. The molecule has 64 heavy (non-hydrogen) atoms. The van der Waals surface area contributed by atoms with Crippen molar-refractivity contribution < 1.29 is 19.0 Å². The molecule has 9 nitrogen and oxygen atoms in total.